The van der Waals surface area contributed by atoms with Crippen LogP contribution < -0.4 is 4.90 Å². The lowest BCUT2D eigenvalue weighted by Gasteiger charge is -2.34. The van der Waals surface area contributed by atoms with Gasteiger partial charge in [0, 0.05) is 23.6 Å². The minimum Gasteiger partial charge on any atom is -0.353 e. The third-order valence-electron chi connectivity index (χ3n) is 3.52. The summed E-state index contributed by atoms with van der Waals surface area (Å²) in [4.78, 5) is 4.71. The summed E-state index contributed by atoms with van der Waals surface area (Å²) >= 11 is 0. The van der Waals surface area contributed by atoms with Crippen LogP contribution >= 0.6 is 0 Å². The predicted molar refractivity (Wildman–Crippen MR) is 78.7 cm³/mol. The number of anilines is 1. The molecule has 2 heteroatoms. The van der Waals surface area contributed by atoms with E-state index in [-0.39, 0.29) is 5.54 Å². The van der Waals surface area contributed by atoms with E-state index < -0.39 is 0 Å². The first-order chi connectivity index (χ1) is 8.29. The Kier molecular flexibility index (Phi) is 3.14. The molecule has 0 bridgehead atoms. The van der Waals surface area contributed by atoms with Crippen LogP contribution in [-0.2, 0) is 0 Å². The number of rotatable bonds is 1. The fourth-order valence-corrected chi connectivity index (χ4v) is 2.63. The van der Waals surface area contributed by atoms with Crippen LogP contribution in [0.5, 0.6) is 0 Å². The Morgan fingerprint density at radius 3 is 1.94 bits per heavy atom. The molecular weight excluding hydrogens is 220 g/mol. The highest BCUT2D eigenvalue weighted by Gasteiger charge is 2.25. The van der Waals surface area contributed by atoms with Gasteiger partial charge in [0.1, 0.15) is 0 Å². The third kappa shape index (κ3) is 2.38. The highest BCUT2D eigenvalue weighted by atomic mass is 15.4. The van der Waals surface area contributed by atoms with E-state index in [1.165, 1.54) is 22.4 Å². The van der Waals surface area contributed by atoms with E-state index in [0.29, 0.717) is 0 Å². The van der Waals surface area contributed by atoms with Gasteiger partial charge in [-0.3, -0.25) is 0 Å². The molecule has 1 aliphatic rings. The van der Waals surface area contributed by atoms with Crippen molar-refractivity contribution in [3.05, 3.63) is 41.2 Å². The van der Waals surface area contributed by atoms with Gasteiger partial charge in [-0.15, -0.1) is 0 Å². The maximum Gasteiger partial charge on any atom is 0.0946 e. The van der Waals surface area contributed by atoms with Gasteiger partial charge in [0.2, 0.25) is 0 Å². The summed E-state index contributed by atoms with van der Waals surface area (Å²) in [6.45, 7) is 14.2. The van der Waals surface area contributed by atoms with Crippen molar-refractivity contribution in [3.63, 3.8) is 0 Å². The van der Waals surface area contributed by atoms with Crippen LogP contribution in [0, 0.1) is 20.8 Å². The van der Waals surface area contributed by atoms with Gasteiger partial charge >= 0.3 is 0 Å². The molecule has 1 aromatic rings. The fourth-order valence-electron chi connectivity index (χ4n) is 2.63. The Bertz CT molecular complexity index is 457. The van der Waals surface area contributed by atoms with Crippen LogP contribution in [0.15, 0.2) is 24.5 Å². The molecule has 1 aromatic carbocycles. The van der Waals surface area contributed by atoms with E-state index in [2.05, 4.69) is 75.9 Å². The Morgan fingerprint density at radius 1 is 0.944 bits per heavy atom. The van der Waals surface area contributed by atoms with Crippen molar-refractivity contribution < 1.29 is 0 Å². The Morgan fingerprint density at radius 2 is 1.50 bits per heavy atom. The van der Waals surface area contributed by atoms with Gasteiger partial charge < -0.3 is 9.80 Å². The largest absolute Gasteiger partial charge is 0.353 e. The maximum atomic E-state index is 2.37. The van der Waals surface area contributed by atoms with Crippen LogP contribution in [0.4, 0.5) is 5.69 Å². The van der Waals surface area contributed by atoms with Crippen LogP contribution in [0.1, 0.15) is 37.5 Å². The molecule has 0 amide bonds. The van der Waals surface area contributed by atoms with E-state index in [1.807, 2.05) is 0 Å². The minimum atomic E-state index is 0.178. The first kappa shape index (κ1) is 13.0. The summed E-state index contributed by atoms with van der Waals surface area (Å²) in [5.74, 6) is 0. The monoisotopic (exact) mass is 244 g/mol. The molecule has 0 N–H and O–H groups in total. The molecule has 0 aliphatic carbocycles. The quantitative estimate of drug-likeness (QED) is 0.737. The Labute approximate surface area is 111 Å². The summed E-state index contributed by atoms with van der Waals surface area (Å²) < 4.78 is 0. The summed E-state index contributed by atoms with van der Waals surface area (Å²) in [6, 6.07) is 4.52. The Balaban J connectivity index is 2.29. The third-order valence-corrected chi connectivity index (χ3v) is 3.52. The molecule has 0 spiro atoms. The van der Waals surface area contributed by atoms with Crippen molar-refractivity contribution in [1.29, 1.82) is 0 Å². The summed E-state index contributed by atoms with van der Waals surface area (Å²) in [7, 11) is 0. The molecular formula is C16H24N2. The number of aryl methyl sites for hydroxylation is 3. The SMILES string of the molecule is Cc1cc(C)c(N2C=CN(C(C)(C)C)C2)c(C)c1. The number of hydrogen-bond acceptors (Lipinski definition) is 2. The second-order valence-electron chi connectivity index (χ2n) is 6.30. The van der Waals surface area contributed by atoms with Gasteiger partial charge in [0.25, 0.3) is 0 Å². The van der Waals surface area contributed by atoms with E-state index in [0.717, 1.165) is 6.67 Å². The first-order valence-corrected chi connectivity index (χ1v) is 6.58. The highest BCUT2D eigenvalue weighted by Crippen LogP contribution is 2.30. The van der Waals surface area contributed by atoms with Crippen molar-refractivity contribution in [2.75, 3.05) is 11.6 Å². The lowest BCUT2D eigenvalue weighted by Crippen LogP contribution is -2.39. The molecule has 0 radical (unpaired) electrons. The molecule has 1 aliphatic heterocycles. The summed E-state index contributed by atoms with van der Waals surface area (Å²) in [5.41, 5.74) is 5.58. The average molecular weight is 244 g/mol. The summed E-state index contributed by atoms with van der Waals surface area (Å²) in [6.07, 6.45) is 4.38. The number of benzene rings is 1. The molecule has 18 heavy (non-hydrogen) atoms. The van der Waals surface area contributed by atoms with E-state index in [9.17, 15) is 0 Å². The van der Waals surface area contributed by atoms with E-state index >= 15 is 0 Å². The standard InChI is InChI=1S/C16H24N2/c1-12-9-13(2)15(14(3)10-12)17-7-8-18(11-17)16(4,5)6/h7-10H,11H2,1-6H3. The van der Waals surface area contributed by atoms with Crippen molar-refractivity contribution >= 4 is 5.69 Å². The maximum absolute atomic E-state index is 2.37. The van der Waals surface area contributed by atoms with Crippen LogP contribution in [0.2, 0.25) is 0 Å². The van der Waals surface area contributed by atoms with Crippen molar-refractivity contribution in [1.82, 2.24) is 4.90 Å². The smallest absolute Gasteiger partial charge is 0.0946 e. The predicted octanol–water partition coefficient (Wildman–Crippen LogP) is 3.96. The lowest BCUT2D eigenvalue weighted by molar-refractivity contribution is 0.223. The zero-order valence-electron chi connectivity index (χ0n) is 12.4. The first-order valence-electron chi connectivity index (χ1n) is 6.58. The number of nitrogens with zero attached hydrogens (tertiary/aromatic N) is 2. The molecule has 0 atom stereocenters. The minimum absolute atomic E-state index is 0.178. The molecule has 0 aromatic heterocycles. The average Bonchev–Trinajstić information content (AvgIpc) is 2.64. The van der Waals surface area contributed by atoms with Gasteiger partial charge in [0.05, 0.1) is 6.67 Å². The van der Waals surface area contributed by atoms with Crippen LogP contribution in [0.3, 0.4) is 0 Å². The van der Waals surface area contributed by atoms with Gasteiger partial charge in [-0.1, -0.05) is 17.7 Å². The normalized spacial score (nSPS) is 15.7. The molecule has 0 unspecified atom stereocenters. The highest BCUT2D eigenvalue weighted by molar-refractivity contribution is 5.62. The molecule has 0 fully saturated rings. The van der Waals surface area contributed by atoms with Crippen LogP contribution in [0.25, 0.3) is 0 Å². The van der Waals surface area contributed by atoms with Gasteiger partial charge in [-0.2, -0.15) is 0 Å². The van der Waals surface area contributed by atoms with Crippen molar-refractivity contribution in [2.45, 2.75) is 47.1 Å². The lowest BCUT2D eigenvalue weighted by atomic mass is 10.0. The molecule has 2 nitrogen and oxygen atoms in total. The Hall–Kier alpha value is -1.44. The zero-order chi connectivity index (χ0) is 13.5. The zero-order valence-corrected chi connectivity index (χ0v) is 12.4. The van der Waals surface area contributed by atoms with Gasteiger partial charge in [-0.25, -0.2) is 0 Å². The van der Waals surface area contributed by atoms with Crippen molar-refractivity contribution in [3.8, 4) is 0 Å². The number of hydrogen-bond donors (Lipinski definition) is 0. The second kappa shape index (κ2) is 4.34. The van der Waals surface area contributed by atoms with Crippen molar-refractivity contribution in [2.24, 2.45) is 0 Å². The van der Waals surface area contributed by atoms with Crippen LogP contribution in [-0.4, -0.2) is 17.1 Å². The molecule has 1 heterocycles. The molecule has 98 valence electrons. The van der Waals surface area contributed by atoms with Gasteiger partial charge in [-0.05, 0) is 52.7 Å². The fraction of sp³-hybridized carbons (Fsp3) is 0.500. The van der Waals surface area contributed by atoms with E-state index in [1.54, 1.807) is 0 Å². The molecule has 0 saturated heterocycles. The molecule has 0 saturated carbocycles. The summed E-state index contributed by atoms with van der Waals surface area (Å²) in [5, 5.41) is 0. The second-order valence-corrected chi connectivity index (χ2v) is 6.30. The molecule has 2 rings (SSSR count). The topological polar surface area (TPSA) is 6.48 Å². The van der Waals surface area contributed by atoms with Gasteiger partial charge in [0.15, 0.2) is 0 Å². The van der Waals surface area contributed by atoms with E-state index in [4.69, 9.17) is 0 Å².